The molecule has 1 fully saturated rings. The Kier molecular flexibility index (Phi) is 3.67. The maximum Gasteiger partial charge on any atom is 0.162 e. The van der Waals surface area contributed by atoms with Gasteiger partial charge in [0.25, 0.3) is 0 Å². The highest BCUT2D eigenvalue weighted by atomic mass is 16.5. The number of hydrogen-bond acceptors (Lipinski definition) is 3. The molecule has 2 heterocycles. The van der Waals surface area contributed by atoms with Gasteiger partial charge in [-0.15, -0.1) is 0 Å². The largest absolute Gasteiger partial charge is 0.508 e. The fourth-order valence-electron chi connectivity index (χ4n) is 3.85. The Balaban J connectivity index is 1.98. The predicted molar refractivity (Wildman–Crippen MR) is 89.7 cm³/mol. The maximum atomic E-state index is 10.5. The van der Waals surface area contributed by atoms with Crippen molar-refractivity contribution in [3.8, 4) is 11.5 Å². The van der Waals surface area contributed by atoms with Crippen molar-refractivity contribution in [1.82, 2.24) is 4.90 Å². The molecule has 22 heavy (non-hydrogen) atoms. The van der Waals surface area contributed by atoms with E-state index in [-0.39, 0.29) is 17.1 Å². The third-order valence-corrected chi connectivity index (χ3v) is 5.18. The van der Waals surface area contributed by atoms with Crippen LogP contribution in [0.2, 0.25) is 0 Å². The molecule has 1 aromatic rings. The molecule has 122 valence electrons. The monoisotopic (exact) mass is 303 g/mol. The summed E-state index contributed by atoms with van der Waals surface area (Å²) in [4.78, 5) is 2.47. The average Bonchev–Trinajstić information content (AvgIpc) is 2.69. The molecular weight excluding hydrogens is 274 g/mol. The number of phenolic OH excluding ortho intramolecular Hbond substituents is 1. The van der Waals surface area contributed by atoms with Crippen molar-refractivity contribution in [1.29, 1.82) is 0 Å². The molecule has 0 spiro atoms. The molecule has 0 saturated carbocycles. The van der Waals surface area contributed by atoms with Gasteiger partial charge in [0.2, 0.25) is 0 Å². The van der Waals surface area contributed by atoms with E-state index in [1.807, 2.05) is 6.07 Å². The van der Waals surface area contributed by atoms with Gasteiger partial charge in [-0.25, -0.2) is 0 Å². The van der Waals surface area contributed by atoms with Crippen LogP contribution in [0.4, 0.5) is 0 Å². The number of aromatic hydroxyl groups is 1. The van der Waals surface area contributed by atoms with Crippen molar-refractivity contribution >= 4 is 0 Å². The summed E-state index contributed by atoms with van der Waals surface area (Å²) in [5, 5.41) is 10.5. The molecule has 1 unspecified atom stereocenters. The first-order chi connectivity index (χ1) is 10.2. The lowest BCUT2D eigenvalue weighted by atomic mass is 9.80. The Morgan fingerprint density at radius 3 is 2.36 bits per heavy atom. The van der Waals surface area contributed by atoms with Crippen LogP contribution in [0.1, 0.15) is 65.0 Å². The summed E-state index contributed by atoms with van der Waals surface area (Å²) in [6.45, 7) is 13.0. The second kappa shape index (κ2) is 5.16. The fraction of sp³-hybridized carbons (Fsp3) is 0.684. The SMILES string of the molecule is CC(C)(C)c1cc2c(cc1O)C(C)(C)C(N1CCCCC1)O2. The number of hydrogen-bond donors (Lipinski definition) is 1. The van der Waals surface area contributed by atoms with Crippen LogP contribution >= 0.6 is 0 Å². The fourth-order valence-corrected chi connectivity index (χ4v) is 3.85. The molecule has 1 saturated heterocycles. The van der Waals surface area contributed by atoms with E-state index in [2.05, 4.69) is 45.6 Å². The molecule has 2 aliphatic rings. The van der Waals surface area contributed by atoms with Crippen molar-refractivity contribution in [2.45, 2.75) is 70.9 Å². The Morgan fingerprint density at radius 2 is 1.77 bits per heavy atom. The summed E-state index contributed by atoms with van der Waals surface area (Å²) in [6, 6.07) is 3.98. The molecule has 0 amide bonds. The van der Waals surface area contributed by atoms with Gasteiger partial charge in [0.05, 0.1) is 0 Å². The van der Waals surface area contributed by atoms with Crippen molar-refractivity contribution in [3.05, 3.63) is 23.3 Å². The number of piperidine rings is 1. The van der Waals surface area contributed by atoms with E-state index in [4.69, 9.17) is 4.74 Å². The van der Waals surface area contributed by atoms with Crippen molar-refractivity contribution in [2.75, 3.05) is 13.1 Å². The number of ether oxygens (including phenoxy) is 1. The van der Waals surface area contributed by atoms with Gasteiger partial charge < -0.3 is 9.84 Å². The number of phenols is 1. The third kappa shape index (κ3) is 2.50. The Bertz CT molecular complexity index is 566. The van der Waals surface area contributed by atoms with Gasteiger partial charge in [-0.1, -0.05) is 41.0 Å². The van der Waals surface area contributed by atoms with Gasteiger partial charge >= 0.3 is 0 Å². The van der Waals surface area contributed by atoms with Crippen LogP contribution in [0, 0.1) is 0 Å². The Labute approximate surface area is 134 Å². The number of benzene rings is 1. The molecule has 3 heteroatoms. The third-order valence-electron chi connectivity index (χ3n) is 5.18. The topological polar surface area (TPSA) is 32.7 Å². The van der Waals surface area contributed by atoms with Gasteiger partial charge in [0.1, 0.15) is 11.5 Å². The molecule has 0 bridgehead atoms. The highest BCUT2D eigenvalue weighted by molar-refractivity contribution is 5.53. The first-order valence-corrected chi connectivity index (χ1v) is 8.50. The Morgan fingerprint density at radius 1 is 1.14 bits per heavy atom. The average molecular weight is 303 g/mol. The zero-order valence-electron chi connectivity index (χ0n) is 14.6. The van der Waals surface area contributed by atoms with Crippen LogP contribution in [-0.4, -0.2) is 29.3 Å². The van der Waals surface area contributed by atoms with Crippen molar-refractivity contribution in [2.24, 2.45) is 0 Å². The summed E-state index contributed by atoms with van der Waals surface area (Å²) in [5.74, 6) is 1.34. The summed E-state index contributed by atoms with van der Waals surface area (Å²) in [7, 11) is 0. The number of nitrogens with zero attached hydrogens (tertiary/aromatic N) is 1. The van der Waals surface area contributed by atoms with E-state index in [1.165, 1.54) is 19.3 Å². The predicted octanol–water partition coefficient (Wildman–Crippen LogP) is 4.17. The van der Waals surface area contributed by atoms with Crippen LogP contribution in [0.3, 0.4) is 0 Å². The molecule has 3 nitrogen and oxygen atoms in total. The van der Waals surface area contributed by atoms with Crippen molar-refractivity contribution < 1.29 is 9.84 Å². The first kappa shape index (κ1) is 15.7. The smallest absolute Gasteiger partial charge is 0.162 e. The highest BCUT2D eigenvalue weighted by Crippen LogP contribution is 2.48. The number of likely N-dealkylation sites (tertiary alicyclic amines) is 1. The summed E-state index contributed by atoms with van der Waals surface area (Å²) >= 11 is 0. The summed E-state index contributed by atoms with van der Waals surface area (Å²) < 4.78 is 6.37. The number of fused-ring (bicyclic) bond motifs is 1. The molecule has 1 atom stereocenters. The van der Waals surface area contributed by atoms with E-state index >= 15 is 0 Å². The van der Waals surface area contributed by atoms with E-state index in [1.54, 1.807) is 0 Å². The van der Waals surface area contributed by atoms with E-state index in [0.717, 1.165) is 30.0 Å². The second-order valence-corrected chi connectivity index (χ2v) is 8.40. The van der Waals surface area contributed by atoms with Gasteiger partial charge in [-0.05, 0) is 30.4 Å². The van der Waals surface area contributed by atoms with E-state index in [0.29, 0.717) is 5.75 Å². The van der Waals surface area contributed by atoms with Crippen LogP contribution < -0.4 is 4.74 Å². The first-order valence-electron chi connectivity index (χ1n) is 8.50. The highest BCUT2D eigenvalue weighted by Gasteiger charge is 2.45. The molecule has 1 N–H and O–H groups in total. The number of rotatable bonds is 1. The zero-order chi connectivity index (χ0) is 16.1. The molecule has 0 aromatic heterocycles. The van der Waals surface area contributed by atoms with Crippen LogP contribution in [0.25, 0.3) is 0 Å². The lowest BCUT2D eigenvalue weighted by Crippen LogP contribution is -2.49. The molecular formula is C19H29NO2. The van der Waals surface area contributed by atoms with Crippen molar-refractivity contribution in [3.63, 3.8) is 0 Å². The minimum absolute atomic E-state index is 0.0809. The summed E-state index contributed by atoms with van der Waals surface area (Å²) in [6.07, 6.45) is 3.92. The molecule has 0 aliphatic carbocycles. The van der Waals surface area contributed by atoms with Gasteiger partial charge in [-0.2, -0.15) is 0 Å². The van der Waals surface area contributed by atoms with Crippen LogP contribution in [0.15, 0.2) is 12.1 Å². The molecule has 1 aromatic carbocycles. The van der Waals surface area contributed by atoms with Gasteiger partial charge in [0.15, 0.2) is 6.23 Å². The molecule has 3 rings (SSSR count). The molecule has 2 aliphatic heterocycles. The van der Waals surface area contributed by atoms with E-state index in [9.17, 15) is 5.11 Å². The standard InChI is InChI=1S/C19H29NO2/c1-18(2,3)13-12-16-14(11-15(13)21)19(4,5)17(22-16)20-9-7-6-8-10-20/h11-12,17,21H,6-10H2,1-5H3. The minimum Gasteiger partial charge on any atom is -0.508 e. The zero-order valence-corrected chi connectivity index (χ0v) is 14.6. The van der Waals surface area contributed by atoms with Gasteiger partial charge in [0, 0.05) is 29.6 Å². The lowest BCUT2D eigenvalue weighted by Gasteiger charge is -2.38. The normalized spacial score (nSPS) is 24.9. The summed E-state index contributed by atoms with van der Waals surface area (Å²) in [5.41, 5.74) is 1.91. The second-order valence-electron chi connectivity index (χ2n) is 8.40. The molecule has 0 radical (unpaired) electrons. The lowest BCUT2D eigenvalue weighted by molar-refractivity contribution is -0.0131. The quantitative estimate of drug-likeness (QED) is 0.845. The van der Waals surface area contributed by atoms with E-state index < -0.39 is 0 Å². The van der Waals surface area contributed by atoms with Crippen LogP contribution in [-0.2, 0) is 10.8 Å². The van der Waals surface area contributed by atoms with Crippen LogP contribution in [0.5, 0.6) is 11.5 Å². The van der Waals surface area contributed by atoms with Gasteiger partial charge in [-0.3, -0.25) is 4.90 Å². The Hall–Kier alpha value is -1.22. The maximum absolute atomic E-state index is 10.5. The minimum atomic E-state index is -0.0967.